The Balaban J connectivity index is 1.66. The van der Waals surface area contributed by atoms with E-state index in [-0.39, 0.29) is 17.6 Å². The van der Waals surface area contributed by atoms with E-state index in [1.165, 1.54) is 0 Å². The van der Waals surface area contributed by atoms with Crippen molar-refractivity contribution in [2.45, 2.75) is 19.4 Å². The molecule has 1 aromatic heterocycles. The van der Waals surface area contributed by atoms with Crippen molar-refractivity contribution >= 4 is 5.91 Å². The molecule has 2 aromatic carbocycles. The summed E-state index contributed by atoms with van der Waals surface area (Å²) >= 11 is 0. The number of hydrogen-bond donors (Lipinski definition) is 1. The van der Waals surface area contributed by atoms with Gasteiger partial charge in [-0.05, 0) is 23.3 Å². The molecule has 0 bridgehead atoms. The van der Waals surface area contributed by atoms with E-state index in [4.69, 9.17) is 0 Å². The van der Waals surface area contributed by atoms with Gasteiger partial charge in [0.15, 0.2) is 0 Å². The molecule has 1 unspecified atom stereocenters. The first-order chi connectivity index (χ1) is 12.1. The molecule has 1 aliphatic heterocycles. The van der Waals surface area contributed by atoms with Gasteiger partial charge in [-0.25, -0.2) is 4.39 Å². The molecule has 2 heterocycles. The van der Waals surface area contributed by atoms with Crippen molar-refractivity contribution in [1.29, 1.82) is 0 Å². The Kier molecular flexibility index (Phi) is 3.84. The summed E-state index contributed by atoms with van der Waals surface area (Å²) in [6.45, 7) is 3.22. The van der Waals surface area contributed by atoms with E-state index in [9.17, 15) is 9.18 Å². The minimum atomic E-state index is -0.253. The van der Waals surface area contributed by atoms with Gasteiger partial charge in [-0.3, -0.25) is 9.48 Å². The lowest BCUT2D eigenvalue weighted by molar-refractivity contribution is 0.0924. The summed E-state index contributed by atoms with van der Waals surface area (Å²) in [7, 11) is 0. The van der Waals surface area contributed by atoms with Gasteiger partial charge in [-0.1, -0.05) is 49.4 Å². The van der Waals surface area contributed by atoms with Crippen LogP contribution in [0.1, 0.15) is 34.6 Å². The van der Waals surface area contributed by atoms with Crippen LogP contribution in [0.15, 0.2) is 54.6 Å². The normalized spacial score (nSPS) is 14.7. The Morgan fingerprint density at radius 2 is 1.96 bits per heavy atom. The largest absolute Gasteiger partial charge is 0.349 e. The highest BCUT2D eigenvalue weighted by atomic mass is 19.1. The van der Waals surface area contributed by atoms with Gasteiger partial charge in [0.2, 0.25) is 0 Å². The fraction of sp³-hybridized carbons (Fsp3) is 0.200. The first-order valence-corrected chi connectivity index (χ1v) is 8.34. The second kappa shape index (κ2) is 6.16. The highest BCUT2D eigenvalue weighted by Gasteiger charge is 2.22. The Morgan fingerprint density at radius 1 is 1.16 bits per heavy atom. The summed E-state index contributed by atoms with van der Waals surface area (Å²) in [5.74, 6) is -0.453. The maximum Gasteiger partial charge on any atom is 0.269 e. The number of halogens is 1. The summed E-state index contributed by atoms with van der Waals surface area (Å²) in [5.41, 5.74) is 3.62. The Morgan fingerprint density at radius 3 is 2.68 bits per heavy atom. The standard InChI is InChI=1S/C20H18FN3O/c1-13(18-12-19-20(25)22-9-10-24(19)23-18)15-7-8-16(17(21)11-15)14-5-3-2-4-6-14/h2-8,11-13H,9-10H2,1H3,(H,22,25). The van der Waals surface area contributed by atoms with E-state index in [1.807, 2.05) is 43.3 Å². The van der Waals surface area contributed by atoms with Gasteiger partial charge in [0.1, 0.15) is 11.5 Å². The molecule has 1 amide bonds. The van der Waals surface area contributed by atoms with E-state index in [0.29, 0.717) is 24.3 Å². The van der Waals surface area contributed by atoms with Crippen LogP contribution in [0.2, 0.25) is 0 Å². The van der Waals surface area contributed by atoms with Crippen molar-refractivity contribution < 1.29 is 9.18 Å². The van der Waals surface area contributed by atoms with E-state index >= 15 is 0 Å². The number of fused-ring (bicyclic) bond motifs is 1. The van der Waals surface area contributed by atoms with E-state index in [0.717, 1.165) is 16.8 Å². The number of carbonyl (C=O) groups is 1. The monoisotopic (exact) mass is 335 g/mol. The second-order valence-electron chi connectivity index (χ2n) is 6.26. The number of nitrogens with zero attached hydrogens (tertiary/aromatic N) is 2. The average molecular weight is 335 g/mol. The minimum Gasteiger partial charge on any atom is -0.349 e. The lowest BCUT2D eigenvalue weighted by atomic mass is 9.94. The topological polar surface area (TPSA) is 46.9 Å². The minimum absolute atomic E-state index is 0.0924. The first-order valence-electron chi connectivity index (χ1n) is 8.34. The maximum atomic E-state index is 14.6. The molecule has 1 N–H and O–H groups in total. The smallest absolute Gasteiger partial charge is 0.269 e. The van der Waals surface area contributed by atoms with Gasteiger partial charge in [0.05, 0.1) is 12.2 Å². The number of rotatable bonds is 3. The number of hydrogen-bond acceptors (Lipinski definition) is 2. The predicted molar refractivity (Wildman–Crippen MR) is 93.9 cm³/mol. The molecular weight excluding hydrogens is 317 g/mol. The predicted octanol–water partition coefficient (Wildman–Crippen LogP) is 3.58. The van der Waals surface area contributed by atoms with Crippen molar-refractivity contribution in [3.05, 3.63) is 77.4 Å². The highest BCUT2D eigenvalue weighted by molar-refractivity contribution is 5.93. The summed E-state index contributed by atoms with van der Waals surface area (Å²) in [5, 5.41) is 7.33. The zero-order valence-corrected chi connectivity index (χ0v) is 13.9. The zero-order valence-electron chi connectivity index (χ0n) is 13.9. The van der Waals surface area contributed by atoms with Crippen molar-refractivity contribution in [3.63, 3.8) is 0 Å². The molecule has 0 saturated heterocycles. The van der Waals surface area contributed by atoms with Gasteiger partial charge in [-0.2, -0.15) is 5.10 Å². The summed E-state index contributed by atoms with van der Waals surface area (Å²) < 4.78 is 16.3. The second-order valence-corrected chi connectivity index (χ2v) is 6.26. The van der Waals surface area contributed by atoms with Gasteiger partial charge < -0.3 is 5.32 Å². The van der Waals surface area contributed by atoms with E-state index in [2.05, 4.69) is 10.4 Å². The van der Waals surface area contributed by atoms with Gasteiger partial charge in [-0.15, -0.1) is 0 Å². The fourth-order valence-corrected chi connectivity index (χ4v) is 3.19. The Hall–Kier alpha value is -2.95. The van der Waals surface area contributed by atoms with Crippen molar-refractivity contribution in [2.24, 2.45) is 0 Å². The van der Waals surface area contributed by atoms with E-state index in [1.54, 1.807) is 22.9 Å². The Bertz CT molecular complexity index is 933. The van der Waals surface area contributed by atoms with Crippen LogP contribution in [0.5, 0.6) is 0 Å². The molecule has 126 valence electrons. The van der Waals surface area contributed by atoms with Crippen molar-refractivity contribution in [3.8, 4) is 11.1 Å². The highest BCUT2D eigenvalue weighted by Crippen LogP contribution is 2.29. The number of amides is 1. The van der Waals surface area contributed by atoms with Crippen LogP contribution in [-0.4, -0.2) is 22.2 Å². The van der Waals surface area contributed by atoms with Crippen LogP contribution >= 0.6 is 0 Å². The molecule has 1 atom stereocenters. The van der Waals surface area contributed by atoms with Gasteiger partial charge >= 0.3 is 0 Å². The van der Waals surface area contributed by atoms with Gasteiger partial charge in [0.25, 0.3) is 5.91 Å². The van der Waals surface area contributed by atoms with Crippen LogP contribution in [0.3, 0.4) is 0 Å². The van der Waals surface area contributed by atoms with Crippen LogP contribution < -0.4 is 5.32 Å². The van der Waals surface area contributed by atoms with Crippen LogP contribution in [0, 0.1) is 5.82 Å². The third kappa shape index (κ3) is 2.82. The summed E-state index contributed by atoms with van der Waals surface area (Å²) in [6.07, 6.45) is 0. The van der Waals surface area contributed by atoms with E-state index < -0.39 is 0 Å². The molecule has 25 heavy (non-hydrogen) atoms. The SMILES string of the molecule is CC(c1ccc(-c2ccccc2)c(F)c1)c1cc2n(n1)CCNC2=O. The molecule has 4 nitrogen and oxygen atoms in total. The molecule has 4 rings (SSSR count). The first kappa shape index (κ1) is 15.6. The molecule has 5 heteroatoms. The average Bonchev–Trinajstić information content (AvgIpc) is 3.07. The molecule has 0 radical (unpaired) electrons. The van der Waals surface area contributed by atoms with Crippen molar-refractivity contribution in [1.82, 2.24) is 15.1 Å². The molecule has 0 saturated carbocycles. The number of nitrogens with one attached hydrogen (secondary N) is 1. The Labute approximate surface area is 145 Å². The summed E-state index contributed by atoms with van der Waals surface area (Å²) in [6, 6.07) is 16.6. The number of benzene rings is 2. The summed E-state index contributed by atoms with van der Waals surface area (Å²) in [4.78, 5) is 11.9. The molecule has 0 fully saturated rings. The van der Waals surface area contributed by atoms with Gasteiger partial charge in [0, 0.05) is 18.0 Å². The zero-order chi connectivity index (χ0) is 17.4. The molecule has 0 spiro atoms. The third-order valence-electron chi connectivity index (χ3n) is 4.66. The number of aromatic nitrogens is 2. The molecule has 3 aromatic rings. The lowest BCUT2D eigenvalue weighted by Crippen LogP contribution is -2.35. The third-order valence-corrected chi connectivity index (χ3v) is 4.66. The molecule has 0 aliphatic carbocycles. The van der Waals surface area contributed by atoms with Crippen LogP contribution in [-0.2, 0) is 6.54 Å². The quantitative estimate of drug-likeness (QED) is 0.795. The van der Waals surface area contributed by atoms with Crippen LogP contribution in [0.25, 0.3) is 11.1 Å². The molecule has 1 aliphatic rings. The molecular formula is C20H18FN3O. The van der Waals surface area contributed by atoms with Crippen LogP contribution in [0.4, 0.5) is 4.39 Å². The lowest BCUT2D eigenvalue weighted by Gasteiger charge is -2.13. The van der Waals surface area contributed by atoms with Crippen molar-refractivity contribution in [2.75, 3.05) is 6.54 Å². The number of carbonyl (C=O) groups excluding carboxylic acids is 1. The maximum absolute atomic E-state index is 14.6. The fourth-order valence-electron chi connectivity index (χ4n) is 3.19.